The summed E-state index contributed by atoms with van der Waals surface area (Å²) >= 11 is 1.58. The van der Waals surface area contributed by atoms with Crippen LogP contribution in [0.5, 0.6) is 0 Å². The molecule has 1 aliphatic rings. The van der Waals surface area contributed by atoms with Gasteiger partial charge >= 0.3 is 5.97 Å². The Labute approximate surface area is 193 Å². The van der Waals surface area contributed by atoms with Crippen LogP contribution in [0.3, 0.4) is 0 Å². The van der Waals surface area contributed by atoms with E-state index >= 15 is 0 Å². The second kappa shape index (κ2) is 10.1. The van der Waals surface area contributed by atoms with E-state index in [-0.39, 0.29) is 29.5 Å². The molecule has 0 bridgehead atoms. The number of esters is 1. The van der Waals surface area contributed by atoms with Crippen molar-refractivity contribution in [3.05, 3.63) is 41.2 Å². The van der Waals surface area contributed by atoms with Crippen LogP contribution in [0.2, 0.25) is 0 Å². The van der Waals surface area contributed by atoms with Crippen LogP contribution in [0.1, 0.15) is 41.5 Å². The minimum Gasteiger partial charge on any atom is -0.462 e. The lowest BCUT2D eigenvalue weighted by Gasteiger charge is -2.31. The van der Waals surface area contributed by atoms with Crippen molar-refractivity contribution in [2.45, 2.75) is 43.4 Å². The molecule has 0 spiro atoms. The van der Waals surface area contributed by atoms with Crippen molar-refractivity contribution in [1.82, 2.24) is 9.29 Å². The second-order valence-corrected chi connectivity index (χ2v) is 10.5. The Balaban J connectivity index is 1.83. The standard InChI is InChI=1S/C22H29N3O5S2/c1-5-30-22(27)19-14(2)23-15(3)20(19)32(28,29)25-11-7-8-16(13-25)21(26)24-17-9-6-10-18(12-17)31-4/h6,9-10,12,16,23H,5,7-8,11,13H2,1-4H3,(H,24,26)/t16-/m1/s1. The van der Waals surface area contributed by atoms with E-state index in [1.54, 1.807) is 32.5 Å². The number of sulfonamides is 1. The van der Waals surface area contributed by atoms with Crippen LogP contribution >= 0.6 is 11.8 Å². The number of nitrogens with zero attached hydrogens (tertiary/aromatic N) is 1. The Morgan fingerprint density at radius 3 is 2.72 bits per heavy atom. The maximum Gasteiger partial charge on any atom is 0.341 e. The number of aryl methyl sites for hydroxylation is 2. The van der Waals surface area contributed by atoms with Crippen LogP contribution in [0.4, 0.5) is 5.69 Å². The summed E-state index contributed by atoms with van der Waals surface area (Å²) in [4.78, 5) is 29.3. The summed E-state index contributed by atoms with van der Waals surface area (Å²) in [7, 11) is -4.00. The SMILES string of the molecule is CCOC(=O)c1c(C)[nH]c(C)c1S(=O)(=O)N1CCC[C@@H](C(=O)Nc2cccc(SC)c2)C1. The van der Waals surface area contributed by atoms with Crippen molar-refractivity contribution in [2.24, 2.45) is 5.92 Å². The first-order chi connectivity index (χ1) is 15.2. The van der Waals surface area contributed by atoms with Gasteiger partial charge in [-0.2, -0.15) is 4.31 Å². The van der Waals surface area contributed by atoms with Gasteiger partial charge in [0.15, 0.2) is 0 Å². The molecule has 0 aliphatic carbocycles. The number of H-pyrrole nitrogens is 1. The second-order valence-electron chi connectivity index (χ2n) is 7.72. The van der Waals surface area contributed by atoms with Gasteiger partial charge in [-0.15, -0.1) is 11.8 Å². The first kappa shape index (κ1) is 24.3. The van der Waals surface area contributed by atoms with Crippen molar-refractivity contribution in [3.63, 3.8) is 0 Å². The van der Waals surface area contributed by atoms with Gasteiger partial charge in [0.2, 0.25) is 15.9 Å². The highest BCUT2D eigenvalue weighted by Gasteiger charge is 2.38. The van der Waals surface area contributed by atoms with Crippen molar-refractivity contribution in [3.8, 4) is 0 Å². The van der Waals surface area contributed by atoms with Gasteiger partial charge in [-0.25, -0.2) is 13.2 Å². The fourth-order valence-corrected chi connectivity index (χ4v) is 6.37. The fourth-order valence-electron chi connectivity index (χ4n) is 3.98. The van der Waals surface area contributed by atoms with Crippen molar-refractivity contribution < 1.29 is 22.7 Å². The number of aromatic amines is 1. The topological polar surface area (TPSA) is 109 Å². The lowest BCUT2D eigenvalue weighted by atomic mass is 9.99. The molecule has 10 heteroatoms. The monoisotopic (exact) mass is 479 g/mol. The summed E-state index contributed by atoms with van der Waals surface area (Å²) in [5.41, 5.74) is 1.54. The van der Waals surface area contributed by atoms with Crippen LogP contribution < -0.4 is 5.32 Å². The average molecular weight is 480 g/mol. The number of carbonyl (C=O) groups excluding carboxylic acids is 2. The van der Waals surface area contributed by atoms with E-state index in [0.717, 1.165) is 4.90 Å². The van der Waals surface area contributed by atoms with Gasteiger partial charge in [-0.05, 0) is 58.1 Å². The molecular weight excluding hydrogens is 450 g/mol. The lowest BCUT2D eigenvalue weighted by molar-refractivity contribution is -0.120. The van der Waals surface area contributed by atoms with Gasteiger partial charge in [-0.1, -0.05) is 6.07 Å². The minimum atomic E-state index is -4.00. The zero-order valence-corrected chi connectivity index (χ0v) is 20.4. The summed E-state index contributed by atoms with van der Waals surface area (Å²) < 4.78 is 33.4. The summed E-state index contributed by atoms with van der Waals surface area (Å²) in [5.74, 6) is -1.37. The zero-order chi connectivity index (χ0) is 23.5. The highest BCUT2D eigenvalue weighted by atomic mass is 32.2. The van der Waals surface area contributed by atoms with E-state index in [4.69, 9.17) is 4.74 Å². The molecular formula is C22H29N3O5S2. The molecule has 0 radical (unpaired) electrons. The lowest BCUT2D eigenvalue weighted by Crippen LogP contribution is -2.44. The van der Waals surface area contributed by atoms with Crippen molar-refractivity contribution in [1.29, 1.82) is 0 Å². The third kappa shape index (κ3) is 5.02. The third-order valence-corrected chi connectivity index (χ3v) is 8.25. The summed E-state index contributed by atoms with van der Waals surface area (Å²) in [6.45, 7) is 5.43. The number of anilines is 1. The van der Waals surface area contributed by atoms with Gasteiger partial charge < -0.3 is 15.0 Å². The quantitative estimate of drug-likeness (QED) is 0.464. The first-order valence-electron chi connectivity index (χ1n) is 10.5. The van der Waals surface area contributed by atoms with Crippen LogP contribution in [-0.4, -0.2) is 55.5 Å². The largest absolute Gasteiger partial charge is 0.462 e. The Kier molecular flexibility index (Phi) is 7.68. The number of benzene rings is 1. The van der Waals surface area contributed by atoms with Crippen LogP contribution in [0.25, 0.3) is 0 Å². The summed E-state index contributed by atoms with van der Waals surface area (Å²) in [5, 5.41) is 2.91. The maximum absolute atomic E-state index is 13.5. The van der Waals surface area contributed by atoms with Crippen LogP contribution in [-0.2, 0) is 19.6 Å². The van der Waals surface area contributed by atoms with E-state index in [2.05, 4.69) is 10.3 Å². The molecule has 1 aromatic carbocycles. The molecule has 3 rings (SSSR count). The number of hydrogen-bond acceptors (Lipinski definition) is 6. The molecule has 2 N–H and O–H groups in total. The van der Waals surface area contributed by atoms with E-state index in [1.807, 2.05) is 30.5 Å². The molecule has 1 aromatic heterocycles. The first-order valence-corrected chi connectivity index (χ1v) is 13.2. The number of aromatic nitrogens is 1. The zero-order valence-electron chi connectivity index (χ0n) is 18.7. The smallest absolute Gasteiger partial charge is 0.341 e. The van der Waals surface area contributed by atoms with E-state index < -0.39 is 21.9 Å². The Hall–Kier alpha value is -2.30. The normalized spacial score (nSPS) is 17.2. The minimum absolute atomic E-state index is 0.0322. The predicted molar refractivity (Wildman–Crippen MR) is 125 cm³/mol. The third-order valence-electron chi connectivity index (χ3n) is 5.49. The van der Waals surface area contributed by atoms with Crippen LogP contribution in [0.15, 0.2) is 34.1 Å². The molecule has 8 nitrogen and oxygen atoms in total. The fraction of sp³-hybridized carbons (Fsp3) is 0.455. The van der Waals surface area contributed by atoms with Gasteiger partial charge in [0, 0.05) is 35.1 Å². The van der Waals surface area contributed by atoms with E-state index in [9.17, 15) is 18.0 Å². The maximum atomic E-state index is 13.5. The molecule has 1 saturated heterocycles. The van der Waals surface area contributed by atoms with Gasteiger partial charge in [-0.3, -0.25) is 4.79 Å². The number of thioether (sulfide) groups is 1. The summed E-state index contributed by atoms with van der Waals surface area (Å²) in [6, 6.07) is 7.52. The number of amides is 1. The number of nitrogens with one attached hydrogen (secondary N) is 2. The molecule has 0 saturated carbocycles. The number of rotatable bonds is 7. The van der Waals surface area contributed by atoms with Gasteiger partial charge in [0.05, 0.1) is 12.5 Å². The Morgan fingerprint density at radius 2 is 2.03 bits per heavy atom. The molecule has 1 aliphatic heterocycles. The molecule has 2 aromatic rings. The summed E-state index contributed by atoms with van der Waals surface area (Å²) in [6.07, 6.45) is 3.11. The molecule has 32 heavy (non-hydrogen) atoms. The van der Waals surface area contributed by atoms with E-state index in [0.29, 0.717) is 36.5 Å². The number of piperidine rings is 1. The van der Waals surface area contributed by atoms with E-state index in [1.165, 1.54) is 4.31 Å². The van der Waals surface area contributed by atoms with Gasteiger partial charge in [0.1, 0.15) is 10.5 Å². The van der Waals surface area contributed by atoms with Crippen molar-refractivity contribution in [2.75, 3.05) is 31.3 Å². The molecule has 1 fully saturated rings. The highest BCUT2D eigenvalue weighted by Crippen LogP contribution is 2.31. The molecule has 1 amide bonds. The number of carbonyl (C=O) groups is 2. The predicted octanol–water partition coefficient (Wildman–Crippen LogP) is 3.57. The Bertz CT molecular complexity index is 1110. The molecule has 174 valence electrons. The van der Waals surface area contributed by atoms with Gasteiger partial charge in [0.25, 0.3) is 0 Å². The molecule has 2 heterocycles. The number of ether oxygens (including phenoxy) is 1. The van der Waals surface area contributed by atoms with Crippen LogP contribution in [0, 0.1) is 19.8 Å². The van der Waals surface area contributed by atoms with Crippen molar-refractivity contribution >= 4 is 39.3 Å². The number of hydrogen-bond donors (Lipinski definition) is 2. The Morgan fingerprint density at radius 1 is 1.28 bits per heavy atom. The highest BCUT2D eigenvalue weighted by molar-refractivity contribution is 7.98. The molecule has 0 unspecified atom stereocenters. The average Bonchev–Trinajstić information content (AvgIpc) is 3.08. The molecule has 1 atom stereocenters.